The minimum atomic E-state index is -0.622. The lowest BCUT2D eigenvalue weighted by atomic mass is 9.87. The van der Waals surface area contributed by atoms with Crippen molar-refractivity contribution >= 4 is 23.4 Å². The van der Waals surface area contributed by atoms with Crippen molar-refractivity contribution in [2.45, 2.75) is 70.9 Å². The van der Waals surface area contributed by atoms with Gasteiger partial charge >= 0.3 is 0 Å². The van der Waals surface area contributed by atoms with Crippen LogP contribution in [0.3, 0.4) is 0 Å². The smallest absolute Gasteiger partial charge is 0.229 e. The molecule has 216 valence electrons. The fourth-order valence-corrected chi connectivity index (χ4v) is 6.45. The van der Waals surface area contributed by atoms with Crippen LogP contribution in [0.15, 0.2) is 42.5 Å². The van der Waals surface area contributed by atoms with Gasteiger partial charge in [-0.15, -0.1) is 0 Å². The second-order valence-electron chi connectivity index (χ2n) is 13.0. The summed E-state index contributed by atoms with van der Waals surface area (Å²) in [6.07, 6.45) is 3.24. The van der Waals surface area contributed by atoms with Crippen LogP contribution in [-0.4, -0.2) is 64.8 Å². The zero-order valence-electron chi connectivity index (χ0n) is 23.9. The maximum atomic E-state index is 15.0. The molecule has 1 saturated carbocycles. The second kappa shape index (κ2) is 11.1. The normalized spacial score (nSPS) is 25.4. The van der Waals surface area contributed by atoms with Gasteiger partial charge < -0.3 is 9.80 Å². The van der Waals surface area contributed by atoms with Crippen molar-refractivity contribution in [2.75, 3.05) is 32.7 Å². The Morgan fingerprint density at radius 2 is 1.68 bits per heavy atom. The fraction of sp³-hybridized carbons (Fsp3) is 0.562. The van der Waals surface area contributed by atoms with Crippen molar-refractivity contribution in [1.82, 2.24) is 14.7 Å². The van der Waals surface area contributed by atoms with Gasteiger partial charge in [0, 0.05) is 60.7 Å². The van der Waals surface area contributed by atoms with E-state index in [9.17, 15) is 18.4 Å². The molecule has 0 bridgehead atoms. The first kappa shape index (κ1) is 29.0. The zero-order chi connectivity index (χ0) is 28.8. The van der Waals surface area contributed by atoms with E-state index in [2.05, 4.69) is 25.7 Å². The highest BCUT2D eigenvalue weighted by atomic mass is 35.5. The summed E-state index contributed by atoms with van der Waals surface area (Å²) >= 11 is 6.15. The summed E-state index contributed by atoms with van der Waals surface area (Å²) in [4.78, 5) is 33.9. The first-order valence-corrected chi connectivity index (χ1v) is 14.8. The van der Waals surface area contributed by atoms with Gasteiger partial charge in [-0.2, -0.15) is 0 Å². The summed E-state index contributed by atoms with van der Waals surface area (Å²) in [5.74, 6) is -1.92. The van der Waals surface area contributed by atoms with Crippen molar-refractivity contribution in [3.05, 3.63) is 70.2 Å². The van der Waals surface area contributed by atoms with Crippen molar-refractivity contribution in [2.24, 2.45) is 11.3 Å². The highest BCUT2D eigenvalue weighted by Gasteiger charge is 2.49. The lowest BCUT2D eigenvalue weighted by Crippen LogP contribution is -2.49. The lowest BCUT2D eigenvalue weighted by molar-refractivity contribution is -0.143. The summed E-state index contributed by atoms with van der Waals surface area (Å²) in [5, 5.41) is 0.659. The van der Waals surface area contributed by atoms with Gasteiger partial charge in [0.15, 0.2) is 0 Å². The molecule has 0 aromatic heterocycles. The van der Waals surface area contributed by atoms with E-state index in [1.54, 1.807) is 0 Å². The molecule has 0 N–H and O–H groups in total. The summed E-state index contributed by atoms with van der Waals surface area (Å²) < 4.78 is 28.7. The molecule has 2 heterocycles. The number of rotatable bonds is 4. The Morgan fingerprint density at radius 1 is 0.975 bits per heavy atom. The number of amides is 2. The molecule has 2 saturated heterocycles. The molecule has 2 amide bonds. The molecule has 0 radical (unpaired) electrons. The molecule has 3 atom stereocenters. The molecule has 2 aliphatic heterocycles. The number of carbonyl (C=O) groups excluding carboxylic acids is 2. The molecule has 3 aliphatic rings. The van der Waals surface area contributed by atoms with Crippen LogP contribution < -0.4 is 0 Å². The summed E-state index contributed by atoms with van der Waals surface area (Å²) in [5.41, 5.74) is 0.919. The number of benzene rings is 2. The zero-order valence-corrected chi connectivity index (χ0v) is 24.7. The SMILES string of the molecule is CC1(C(=O)N2CCN(C(=O)C3CN(C(C)(C)C)C[C@H]3c3ccc(F)cc3F)CCCC2c2ccc(Cl)cc2)CC1. The molecule has 8 heteroatoms. The average Bonchev–Trinajstić information content (AvgIpc) is 3.47. The minimum Gasteiger partial charge on any atom is -0.341 e. The van der Waals surface area contributed by atoms with E-state index in [0.717, 1.165) is 37.3 Å². The molecular formula is C32H40ClF2N3O2. The largest absolute Gasteiger partial charge is 0.341 e. The molecule has 3 fully saturated rings. The quantitative estimate of drug-likeness (QED) is 0.425. The standard InChI is InChI=1S/C32H40ClF2N3O2/c1-31(2,3)37-19-25(24-12-11-23(34)18-27(24)35)26(20-37)29(39)36-15-5-6-28(21-7-9-22(33)10-8-21)38(17-16-36)30(40)32(4)13-14-32/h7-12,18,25-26,28H,5-6,13-17,19-20H2,1-4H3/t25-,26?,28?/m0/s1. The van der Waals surface area contributed by atoms with E-state index in [1.165, 1.54) is 12.1 Å². The highest BCUT2D eigenvalue weighted by molar-refractivity contribution is 6.30. The van der Waals surface area contributed by atoms with Crippen molar-refractivity contribution in [1.29, 1.82) is 0 Å². The van der Waals surface area contributed by atoms with Crippen molar-refractivity contribution in [3.8, 4) is 0 Å². The van der Waals surface area contributed by atoms with Gasteiger partial charge in [0.2, 0.25) is 11.8 Å². The summed E-state index contributed by atoms with van der Waals surface area (Å²) in [6, 6.07) is 11.3. The van der Waals surface area contributed by atoms with Gasteiger partial charge in [-0.25, -0.2) is 8.78 Å². The van der Waals surface area contributed by atoms with E-state index in [0.29, 0.717) is 43.3 Å². The van der Waals surface area contributed by atoms with Crippen LogP contribution in [0.25, 0.3) is 0 Å². The van der Waals surface area contributed by atoms with Gasteiger partial charge in [-0.05, 0) is 75.8 Å². The van der Waals surface area contributed by atoms with E-state index < -0.39 is 17.6 Å². The Morgan fingerprint density at radius 3 is 2.30 bits per heavy atom. The predicted octanol–water partition coefficient (Wildman–Crippen LogP) is 6.42. The Kier molecular flexibility index (Phi) is 8.01. The molecule has 2 unspecified atom stereocenters. The maximum absolute atomic E-state index is 15.0. The van der Waals surface area contributed by atoms with Gasteiger partial charge in [0.1, 0.15) is 11.6 Å². The summed E-state index contributed by atoms with van der Waals surface area (Å²) in [7, 11) is 0. The van der Waals surface area contributed by atoms with Crippen LogP contribution in [0, 0.1) is 23.0 Å². The number of likely N-dealkylation sites (tertiary alicyclic amines) is 1. The number of halogens is 3. The van der Waals surface area contributed by atoms with Gasteiger partial charge in [0.05, 0.1) is 12.0 Å². The Labute approximate surface area is 241 Å². The molecule has 5 nitrogen and oxygen atoms in total. The molecular weight excluding hydrogens is 532 g/mol. The Balaban J connectivity index is 1.39. The van der Waals surface area contributed by atoms with Crippen molar-refractivity contribution < 1.29 is 18.4 Å². The van der Waals surface area contributed by atoms with Crippen molar-refractivity contribution in [3.63, 3.8) is 0 Å². The van der Waals surface area contributed by atoms with Crippen LogP contribution in [0.5, 0.6) is 0 Å². The van der Waals surface area contributed by atoms with Gasteiger partial charge in [-0.1, -0.05) is 36.7 Å². The molecule has 2 aromatic rings. The monoisotopic (exact) mass is 571 g/mol. The molecule has 0 spiro atoms. The second-order valence-corrected chi connectivity index (χ2v) is 13.5. The third kappa shape index (κ3) is 5.91. The van der Waals surface area contributed by atoms with Gasteiger partial charge in [0.25, 0.3) is 0 Å². The molecule has 1 aliphatic carbocycles. The van der Waals surface area contributed by atoms with E-state index >= 15 is 0 Å². The Hall–Kier alpha value is -2.51. The highest BCUT2D eigenvalue weighted by Crippen LogP contribution is 2.48. The number of nitrogens with zero attached hydrogens (tertiary/aromatic N) is 3. The molecule has 5 rings (SSSR count). The predicted molar refractivity (Wildman–Crippen MR) is 153 cm³/mol. The Bertz CT molecular complexity index is 1260. The molecule has 40 heavy (non-hydrogen) atoms. The van der Waals surface area contributed by atoms with Crippen LogP contribution in [0.1, 0.15) is 76.5 Å². The maximum Gasteiger partial charge on any atom is 0.229 e. The first-order valence-electron chi connectivity index (χ1n) is 14.4. The van der Waals surface area contributed by atoms with Gasteiger partial charge in [-0.3, -0.25) is 14.5 Å². The number of hydrogen-bond donors (Lipinski definition) is 0. The van der Waals surface area contributed by atoms with Crippen LogP contribution in [0.2, 0.25) is 5.02 Å². The minimum absolute atomic E-state index is 0.0181. The third-order valence-electron chi connectivity index (χ3n) is 9.18. The van der Waals surface area contributed by atoms with Crippen LogP contribution in [0.4, 0.5) is 8.78 Å². The van der Waals surface area contributed by atoms with E-state index in [1.807, 2.05) is 41.0 Å². The molecule has 2 aromatic carbocycles. The van der Waals surface area contributed by atoms with E-state index in [4.69, 9.17) is 11.6 Å². The van der Waals surface area contributed by atoms with Crippen LogP contribution >= 0.6 is 11.6 Å². The fourth-order valence-electron chi connectivity index (χ4n) is 6.32. The van der Waals surface area contributed by atoms with E-state index in [-0.39, 0.29) is 34.7 Å². The third-order valence-corrected chi connectivity index (χ3v) is 9.44. The lowest BCUT2D eigenvalue weighted by Gasteiger charge is -2.39. The first-order chi connectivity index (χ1) is 18.9. The number of hydrogen-bond acceptors (Lipinski definition) is 3. The number of carbonyl (C=O) groups is 2. The summed E-state index contributed by atoms with van der Waals surface area (Å²) in [6.45, 7) is 10.8. The topological polar surface area (TPSA) is 43.9 Å². The average molecular weight is 572 g/mol. The van der Waals surface area contributed by atoms with Crippen LogP contribution in [-0.2, 0) is 9.59 Å².